The highest BCUT2D eigenvalue weighted by Crippen LogP contribution is 2.31. The van der Waals surface area contributed by atoms with Crippen LogP contribution in [0.2, 0.25) is 0 Å². The fraction of sp³-hybridized carbons (Fsp3) is 0.600. The van der Waals surface area contributed by atoms with Crippen LogP contribution in [0, 0.1) is 6.92 Å². The monoisotopic (exact) mass is 297 g/mol. The molecule has 2 N–H and O–H groups in total. The molecule has 112 valence electrons. The molecule has 1 fully saturated rings. The van der Waals surface area contributed by atoms with E-state index in [0.717, 1.165) is 30.4 Å². The van der Waals surface area contributed by atoms with Crippen molar-refractivity contribution in [1.29, 1.82) is 0 Å². The summed E-state index contributed by atoms with van der Waals surface area (Å²) in [6, 6.07) is 5.30. The molecule has 1 aliphatic carbocycles. The minimum Gasteiger partial charge on any atom is -0.302 e. The molecule has 0 aromatic heterocycles. The van der Waals surface area contributed by atoms with Gasteiger partial charge >= 0.3 is 0 Å². The summed E-state index contributed by atoms with van der Waals surface area (Å²) >= 11 is 0. The lowest BCUT2D eigenvalue weighted by molar-refractivity contribution is 0.0434. The first-order valence-corrected chi connectivity index (χ1v) is 8.61. The van der Waals surface area contributed by atoms with Gasteiger partial charge in [-0.05, 0) is 50.7 Å². The SMILES string of the molecule is CCc1cc(C)ccc1S(=O)(=O)OC1(N)CCCCC1. The van der Waals surface area contributed by atoms with E-state index in [1.165, 1.54) is 0 Å². The minimum atomic E-state index is -3.80. The van der Waals surface area contributed by atoms with Gasteiger partial charge in [-0.3, -0.25) is 0 Å². The highest BCUT2D eigenvalue weighted by atomic mass is 32.2. The van der Waals surface area contributed by atoms with Gasteiger partial charge in [-0.25, -0.2) is 4.18 Å². The zero-order valence-electron chi connectivity index (χ0n) is 12.2. The molecule has 0 spiro atoms. The summed E-state index contributed by atoms with van der Waals surface area (Å²) in [6.07, 6.45) is 4.77. The zero-order chi connectivity index (χ0) is 14.8. The van der Waals surface area contributed by atoms with Gasteiger partial charge in [0.1, 0.15) is 5.72 Å². The third-order valence-corrected chi connectivity index (χ3v) is 5.33. The molecule has 0 atom stereocenters. The molecule has 0 amide bonds. The van der Waals surface area contributed by atoms with E-state index in [2.05, 4.69) is 0 Å². The number of rotatable bonds is 4. The molecule has 1 aromatic carbocycles. The maximum atomic E-state index is 12.5. The Morgan fingerprint density at radius 1 is 1.25 bits per heavy atom. The summed E-state index contributed by atoms with van der Waals surface area (Å²) in [7, 11) is -3.80. The van der Waals surface area contributed by atoms with Crippen LogP contribution in [0.4, 0.5) is 0 Å². The lowest BCUT2D eigenvalue weighted by atomic mass is 9.93. The third-order valence-electron chi connectivity index (χ3n) is 3.84. The molecule has 5 heteroatoms. The van der Waals surface area contributed by atoms with Crippen molar-refractivity contribution in [2.45, 2.75) is 63.0 Å². The quantitative estimate of drug-likeness (QED) is 0.685. The van der Waals surface area contributed by atoms with Crippen LogP contribution >= 0.6 is 0 Å². The zero-order valence-corrected chi connectivity index (χ0v) is 13.0. The van der Waals surface area contributed by atoms with Crippen molar-refractivity contribution in [1.82, 2.24) is 0 Å². The second-order valence-electron chi connectivity index (χ2n) is 5.63. The molecule has 0 saturated heterocycles. The van der Waals surface area contributed by atoms with Gasteiger partial charge in [0, 0.05) is 0 Å². The smallest absolute Gasteiger partial charge is 0.299 e. The molecule has 2 rings (SSSR count). The number of nitrogens with two attached hydrogens (primary N) is 1. The van der Waals surface area contributed by atoms with Crippen LogP contribution in [-0.4, -0.2) is 14.1 Å². The van der Waals surface area contributed by atoms with Gasteiger partial charge in [-0.15, -0.1) is 0 Å². The highest BCUT2D eigenvalue weighted by Gasteiger charge is 2.35. The lowest BCUT2D eigenvalue weighted by Crippen LogP contribution is -2.46. The Morgan fingerprint density at radius 3 is 2.50 bits per heavy atom. The van der Waals surface area contributed by atoms with Crippen molar-refractivity contribution in [3.8, 4) is 0 Å². The molecule has 1 aliphatic rings. The van der Waals surface area contributed by atoms with Gasteiger partial charge in [0.15, 0.2) is 0 Å². The number of benzene rings is 1. The van der Waals surface area contributed by atoms with Crippen LogP contribution in [0.15, 0.2) is 23.1 Å². The van der Waals surface area contributed by atoms with Crippen LogP contribution in [0.1, 0.15) is 50.2 Å². The average Bonchev–Trinajstić information content (AvgIpc) is 2.37. The standard InChI is InChI=1S/C15H23NO3S/c1-3-13-11-12(2)7-8-14(13)20(17,18)19-15(16)9-5-4-6-10-15/h7-8,11H,3-6,9-10,16H2,1-2H3. The maximum absolute atomic E-state index is 12.5. The Hall–Kier alpha value is -0.910. The van der Waals surface area contributed by atoms with Crippen LogP contribution in [-0.2, 0) is 20.7 Å². The molecule has 0 aliphatic heterocycles. The molecular formula is C15H23NO3S. The molecular weight excluding hydrogens is 274 g/mol. The molecule has 1 saturated carbocycles. The first kappa shape index (κ1) is 15.5. The fourth-order valence-electron chi connectivity index (χ4n) is 2.73. The topological polar surface area (TPSA) is 69.4 Å². The van der Waals surface area contributed by atoms with E-state index in [9.17, 15) is 8.42 Å². The van der Waals surface area contributed by atoms with E-state index < -0.39 is 15.8 Å². The van der Waals surface area contributed by atoms with Gasteiger partial charge in [-0.1, -0.05) is 31.0 Å². The van der Waals surface area contributed by atoms with E-state index in [-0.39, 0.29) is 4.90 Å². The first-order valence-electron chi connectivity index (χ1n) is 7.20. The maximum Gasteiger partial charge on any atom is 0.299 e. The molecule has 20 heavy (non-hydrogen) atoms. The van der Waals surface area contributed by atoms with Crippen molar-refractivity contribution in [3.05, 3.63) is 29.3 Å². The highest BCUT2D eigenvalue weighted by molar-refractivity contribution is 7.86. The molecule has 0 unspecified atom stereocenters. The minimum absolute atomic E-state index is 0.251. The predicted molar refractivity (Wildman–Crippen MR) is 78.8 cm³/mol. The Balaban J connectivity index is 2.30. The van der Waals surface area contributed by atoms with Gasteiger partial charge in [0.05, 0.1) is 4.90 Å². The van der Waals surface area contributed by atoms with Crippen LogP contribution in [0.5, 0.6) is 0 Å². The van der Waals surface area contributed by atoms with Crippen molar-refractivity contribution < 1.29 is 12.6 Å². The van der Waals surface area contributed by atoms with Crippen molar-refractivity contribution in [2.24, 2.45) is 5.73 Å². The normalized spacial score (nSPS) is 18.9. The number of hydrogen-bond acceptors (Lipinski definition) is 4. The second-order valence-corrected chi connectivity index (χ2v) is 7.14. The average molecular weight is 297 g/mol. The predicted octanol–water partition coefficient (Wildman–Crippen LogP) is 2.88. The largest absolute Gasteiger partial charge is 0.302 e. The molecule has 0 bridgehead atoms. The van der Waals surface area contributed by atoms with Gasteiger partial charge in [-0.2, -0.15) is 8.42 Å². The van der Waals surface area contributed by atoms with Crippen molar-refractivity contribution in [3.63, 3.8) is 0 Å². The fourth-order valence-corrected chi connectivity index (χ4v) is 4.18. The van der Waals surface area contributed by atoms with E-state index in [1.807, 2.05) is 19.9 Å². The Morgan fingerprint density at radius 2 is 1.90 bits per heavy atom. The summed E-state index contributed by atoms with van der Waals surface area (Å²) in [5.41, 5.74) is 6.89. The van der Waals surface area contributed by atoms with Crippen LogP contribution in [0.3, 0.4) is 0 Å². The second kappa shape index (κ2) is 5.84. The van der Waals surface area contributed by atoms with Crippen molar-refractivity contribution >= 4 is 10.1 Å². The van der Waals surface area contributed by atoms with Gasteiger partial charge < -0.3 is 5.73 Å². The van der Waals surface area contributed by atoms with E-state index in [4.69, 9.17) is 9.92 Å². The van der Waals surface area contributed by atoms with E-state index >= 15 is 0 Å². The molecule has 1 aromatic rings. The lowest BCUT2D eigenvalue weighted by Gasteiger charge is -2.32. The summed E-state index contributed by atoms with van der Waals surface area (Å²) in [5.74, 6) is 0. The number of hydrogen-bond donors (Lipinski definition) is 1. The summed E-state index contributed by atoms with van der Waals surface area (Å²) in [5, 5.41) is 0. The molecule has 0 heterocycles. The van der Waals surface area contributed by atoms with E-state index in [0.29, 0.717) is 19.3 Å². The summed E-state index contributed by atoms with van der Waals surface area (Å²) in [6.45, 7) is 3.88. The number of aryl methyl sites for hydroxylation is 2. The summed E-state index contributed by atoms with van der Waals surface area (Å²) < 4.78 is 30.4. The summed E-state index contributed by atoms with van der Waals surface area (Å²) in [4.78, 5) is 0.251. The Bertz CT molecular complexity index is 575. The first-order chi connectivity index (χ1) is 9.36. The van der Waals surface area contributed by atoms with Gasteiger partial charge in [0.2, 0.25) is 0 Å². The van der Waals surface area contributed by atoms with E-state index in [1.54, 1.807) is 12.1 Å². The van der Waals surface area contributed by atoms with Crippen LogP contribution in [0.25, 0.3) is 0 Å². The Labute approximate surface area is 121 Å². The van der Waals surface area contributed by atoms with Gasteiger partial charge in [0.25, 0.3) is 10.1 Å². The molecule has 4 nitrogen and oxygen atoms in total. The molecule has 0 radical (unpaired) electrons. The van der Waals surface area contributed by atoms with Crippen molar-refractivity contribution in [2.75, 3.05) is 0 Å². The third kappa shape index (κ3) is 3.40. The van der Waals surface area contributed by atoms with Crippen LogP contribution < -0.4 is 5.73 Å². The Kier molecular flexibility index (Phi) is 4.52.